The predicted molar refractivity (Wildman–Crippen MR) is 247 cm³/mol. The van der Waals surface area contributed by atoms with Crippen molar-refractivity contribution in [3.05, 3.63) is 11.6 Å². The van der Waals surface area contributed by atoms with Crippen molar-refractivity contribution in [3.63, 3.8) is 0 Å². The first-order valence-electron chi connectivity index (χ1n) is 25.7. The van der Waals surface area contributed by atoms with Crippen molar-refractivity contribution in [2.24, 2.45) is 50.2 Å². The molecule has 0 aromatic rings. The number of hydrogen-bond donors (Lipinski definition) is 11. The van der Waals surface area contributed by atoms with E-state index in [1.807, 2.05) is 13.8 Å². The highest BCUT2D eigenvalue weighted by Gasteiger charge is 2.73. The van der Waals surface area contributed by atoms with Gasteiger partial charge in [0, 0.05) is 5.92 Å². The van der Waals surface area contributed by atoms with Crippen LogP contribution in [0.4, 0.5) is 0 Å². The van der Waals surface area contributed by atoms with E-state index in [4.69, 9.17) is 33.2 Å². The van der Waals surface area contributed by atoms with Crippen molar-refractivity contribution in [3.8, 4) is 0 Å². The highest BCUT2D eigenvalue weighted by molar-refractivity contribution is 5.81. The molecule has 8 rings (SSSR count). The lowest BCUT2D eigenvalue weighted by molar-refractivity contribution is -0.386. The fourth-order valence-electron chi connectivity index (χ4n) is 15.4. The zero-order valence-electron chi connectivity index (χ0n) is 42.9. The van der Waals surface area contributed by atoms with Gasteiger partial charge in [0.15, 0.2) is 25.0 Å². The summed E-state index contributed by atoms with van der Waals surface area (Å²) in [6, 6.07) is 0. The molecule has 22 heteroatoms. The van der Waals surface area contributed by atoms with E-state index >= 15 is 0 Å². The van der Waals surface area contributed by atoms with Gasteiger partial charge in [-0.05, 0) is 112 Å². The lowest BCUT2D eigenvalue weighted by Crippen LogP contribution is -2.69. The summed E-state index contributed by atoms with van der Waals surface area (Å²) in [4.78, 5) is 53.1. The first-order valence-corrected chi connectivity index (χ1v) is 25.7. The number of allylic oxidation sites excluding steroid dienone is 2. The lowest BCUT2D eigenvalue weighted by atomic mass is 9.33. The molecule has 11 N–H and O–H groups in total. The SMILES string of the molecule is CC(C)(O)CC(=O)O[C@@H]1C[C@]2(C)C(=CC[C@@H]3[C@@]4(C)CC[C@H](O[C@@H]5O[C@H](C(=O)O)[C@@H](O)[C@H](O[C@@H]6OC[C@@H](O)[C@@H](O)[C@@H]6O)[C@H]5O[C@@H]5OC[C@@H](O)[C@H](O)[C@H]5O)C(C)(C)C4CC[C@]32C)C2C[C@@](C)(C(=O)O)CC[C@@]21C(=O)O. The van der Waals surface area contributed by atoms with Crippen molar-refractivity contribution in [1.29, 1.82) is 0 Å². The standard InChI is InChI=1S/C51H78O22/c1-45(2,66)19-30(54)69-29-18-50(8)22(23-17-47(5,43(62)63)15-16-51(23,29)44(64)65)9-10-27-48(6)13-12-28(46(3,4)26(48)11-14-49(27,50)7)70-42-38(73-41-34(58)32(56)25(53)21-68-41)36(35(59)37(72-42)39(60)61)71-40-33(57)31(55)24(52)20-67-40/h9,23-29,31-38,40-42,52-53,55-59,66H,10-21H2,1-8H3,(H,60,61)(H,62,63)(H,64,65)/t23?,24-,25-,26?,27-,28+,29-,31-,32+,33+,34-,35+,36+,37+,38-,40+,41+,42-,47+,48+,49-,50-,51-/m1/s1. The molecule has 3 saturated heterocycles. The van der Waals surface area contributed by atoms with Gasteiger partial charge >= 0.3 is 23.9 Å². The number of aliphatic hydroxyl groups is 8. The second kappa shape index (κ2) is 19.5. The van der Waals surface area contributed by atoms with E-state index in [0.717, 1.165) is 5.57 Å². The van der Waals surface area contributed by atoms with Crippen LogP contribution in [0, 0.1) is 50.2 Å². The lowest BCUT2D eigenvalue weighted by Gasteiger charge is -2.71. The Hall–Kier alpha value is -2.94. The van der Waals surface area contributed by atoms with Gasteiger partial charge in [-0.1, -0.05) is 46.3 Å². The maximum atomic E-state index is 13.8. The van der Waals surface area contributed by atoms with Gasteiger partial charge in [0.2, 0.25) is 0 Å². The molecule has 3 heterocycles. The van der Waals surface area contributed by atoms with Crippen molar-refractivity contribution in [2.45, 2.75) is 217 Å². The van der Waals surface area contributed by atoms with Crippen LogP contribution in [-0.2, 0) is 52.3 Å². The fourth-order valence-corrected chi connectivity index (χ4v) is 15.4. The number of aliphatic carboxylic acids is 3. The van der Waals surface area contributed by atoms with Gasteiger partial charge in [0.25, 0.3) is 0 Å². The summed E-state index contributed by atoms with van der Waals surface area (Å²) in [6.45, 7) is 14.2. The third-order valence-electron chi connectivity index (χ3n) is 19.7. The van der Waals surface area contributed by atoms with E-state index in [1.54, 1.807) is 6.92 Å². The molecule has 2 unspecified atom stereocenters. The van der Waals surface area contributed by atoms with E-state index in [-0.39, 0.29) is 43.9 Å². The van der Waals surface area contributed by atoms with Crippen LogP contribution < -0.4 is 0 Å². The molecule has 22 nitrogen and oxygen atoms in total. The fraction of sp³-hybridized carbons (Fsp3) is 0.882. The summed E-state index contributed by atoms with van der Waals surface area (Å²) < 4.78 is 42.4. The monoisotopic (exact) mass is 1040 g/mol. The van der Waals surface area contributed by atoms with E-state index in [9.17, 15) is 75.3 Å². The molecular weight excluding hydrogens is 965 g/mol. The molecule has 0 aromatic carbocycles. The minimum Gasteiger partial charge on any atom is -0.481 e. The summed E-state index contributed by atoms with van der Waals surface area (Å²) in [5.74, 6) is -5.51. The van der Waals surface area contributed by atoms with E-state index in [0.29, 0.717) is 32.1 Å². The summed E-state index contributed by atoms with van der Waals surface area (Å²) in [5, 5.41) is 118. The van der Waals surface area contributed by atoms with Crippen LogP contribution in [-0.4, -0.2) is 191 Å². The number of fused-ring (bicyclic) bond motifs is 7. The van der Waals surface area contributed by atoms with Crippen LogP contribution >= 0.6 is 0 Å². The number of aliphatic hydroxyl groups excluding tert-OH is 7. The molecule has 8 aliphatic rings. The molecule has 0 spiro atoms. The second-order valence-corrected chi connectivity index (χ2v) is 24.9. The number of esters is 1. The molecule has 23 atom stereocenters. The topological polar surface area (TPSA) is 355 Å². The summed E-state index contributed by atoms with van der Waals surface area (Å²) in [5.41, 5.74) is -5.96. The highest BCUT2D eigenvalue weighted by Crippen LogP contribution is 2.76. The number of hydrogen-bond acceptors (Lipinski definition) is 19. The minimum absolute atomic E-state index is 0.0234. The Kier molecular flexibility index (Phi) is 15.0. The maximum absolute atomic E-state index is 13.8. The zero-order chi connectivity index (χ0) is 53.9. The summed E-state index contributed by atoms with van der Waals surface area (Å²) in [7, 11) is 0. The van der Waals surface area contributed by atoms with Gasteiger partial charge in [0.1, 0.15) is 66.5 Å². The molecule has 5 aliphatic carbocycles. The van der Waals surface area contributed by atoms with E-state index in [2.05, 4.69) is 26.8 Å². The Balaban J connectivity index is 1.12. The Labute approximate surface area is 423 Å². The highest BCUT2D eigenvalue weighted by atomic mass is 16.8. The largest absolute Gasteiger partial charge is 0.481 e. The molecule has 0 aromatic heterocycles. The average molecular weight is 1040 g/mol. The number of carbonyl (C=O) groups excluding carboxylic acids is 1. The van der Waals surface area contributed by atoms with E-state index < -0.39 is 173 Å². The van der Waals surface area contributed by atoms with Crippen LogP contribution in [0.25, 0.3) is 0 Å². The summed E-state index contributed by atoms with van der Waals surface area (Å²) in [6.07, 6.45) is -20.3. The smallest absolute Gasteiger partial charge is 0.335 e. The molecular formula is C51H78O22. The maximum Gasteiger partial charge on any atom is 0.335 e. The number of ether oxygens (including phenoxy) is 7. The van der Waals surface area contributed by atoms with Crippen molar-refractivity contribution < 1.29 is 109 Å². The van der Waals surface area contributed by atoms with Crippen molar-refractivity contribution in [2.75, 3.05) is 13.2 Å². The molecule has 3 aliphatic heterocycles. The van der Waals surface area contributed by atoms with E-state index in [1.165, 1.54) is 13.8 Å². The third-order valence-corrected chi connectivity index (χ3v) is 19.7. The first-order chi connectivity index (χ1) is 33.8. The van der Waals surface area contributed by atoms with Crippen LogP contribution in [0.5, 0.6) is 0 Å². The van der Waals surface area contributed by atoms with Crippen molar-refractivity contribution >= 4 is 23.9 Å². The van der Waals surface area contributed by atoms with Crippen LogP contribution in [0.3, 0.4) is 0 Å². The average Bonchev–Trinajstić information content (AvgIpc) is 3.28. The van der Waals surface area contributed by atoms with Crippen LogP contribution in [0.15, 0.2) is 11.6 Å². The number of carboxylic acid groups (broad SMARTS) is 3. The zero-order valence-corrected chi connectivity index (χ0v) is 42.9. The van der Waals surface area contributed by atoms with Gasteiger partial charge in [-0.15, -0.1) is 0 Å². The van der Waals surface area contributed by atoms with Gasteiger partial charge in [-0.25, -0.2) is 4.79 Å². The predicted octanol–water partition coefficient (Wildman–Crippen LogP) is 0.824. The number of carboxylic acids is 3. The van der Waals surface area contributed by atoms with Gasteiger partial charge < -0.3 is 89.3 Å². The minimum atomic E-state index is -2.07. The molecule has 414 valence electrons. The Bertz CT molecular complexity index is 2150. The molecule has 73 heavy (non-hydrogen) atoms. The van der Waals surface area contributed by atoms with Gasteiger partial charge in [-0.3, -0.25) is 14.4 Å². The second-order valence-electron chi connectivity index (χ2n) is 24.9. The Morgan fingerprint density at radius 3 is 1.81 bits per heavy atom. The summed E-state index contributed by atoms with van der Waals surface area (Å²) >= 11 is 0. The van der Waals surface area contributed by atoms with Crippen LogP contribution in [0.1, 0.15) is 120 Å². The van der Waals surface area contributed by atoms with Gasteiger partial charge in [0.05, 0.1) is 36.8 Å². The quantitative estimate of drug-likeness (QED) is 0.0732. The molecule has 0 bridgehead atoms. The Morgan fingerprint density at radius 2 is 1.26 bits per heavy atom. The first kappa shape index (κ1) is 56.3. The molecule has 0 radical (unpaired) electrons. The number of carbonyl (C=O) groups is 4. The van der Waals surface area contributed by atoms with Crippen molar-refractivity contribution in [1.82, 2.24) is 0 Å². The Morgan fingerprint density at radius 1 is 0.671 bits per heavy atom. The molecule has 7 fully saturated rings. The van der Waals surface area contributed by atoms with Crippen LogP contribution in [0.2, 0.25) is 0 Å². The number of rotatable bonds is 12. The molecule has 0 amide bonds. The third kappa shape index (κ3) is 9.27. The van der Waals surface area contributed by atoms with Gasteiger partial charge in [-0.2, -0.15) is 0 Å². The molecule has 4 saturated carbocycles. The normalized spacial score (nSPS) is 49.7.